The molecule has 0 aliphatic carbocycles. The van der Waals surface area contributed by atoms with E-state index >= 15 is 0 Å². The number of piperazine rings is 1. The first-order chi connectivity index (χ1) is 12.9. The van der Waals surface area contributed by atoms with Gasteiger partial charge in [-0.1, -0.05) is 0 Å². The zero-order valence-corrected chi connectivity index (χ0v) is 17.9. The summed E-state index contributed by atoms with van der Waals surface area (Å²) in [4.78, 5) is 23.7. The maximum atomic E-state index is 12.4. The van der Waals surface area contributed by atoms with E-state index in [1.165, 1.54) is 0 Å². The summed E-state index contributed by atoms with van der Waals surface area (Å²) in [6, 6.07) is 1.93. The van der Waals surface area contributed by atoms with Crippen LogP contribution in [-0.2, 0) is 11.2 Å². The number of aromatic nitrogens is 4. The lowest BCUT2D eigenvalue weighted by atomic mass is 10.1. The lowest BCUT2D eigenvalue weighted by Gasteiger charge is -2.27. The first kappa shape index (κ1) is 22.3. The maximum Gasteiger partial charge on any atom is 0.251 e. The summed E-state index contributed by atoms with van der Waals surface area (Å²) in [7, 11) is 0. The van der Waals surface area contributed by atoms with Gasteiger partial charge < -0.3 is 10.6 Å². The Morgan fingerprint density at radius 3 is 2.43 bits per heavy atom. The summed E-state index contributed by atoms with van der Waals surface area (Å²) in [6.07, 6.45) is 0.323. The number of hydrogen-bond acceptors (Lipinski definition) is 6. The number of carbonyl (C=O) groups is 1. The largest absolute Gasteiger partial charge is 0.355 e. The molecule has 2 aromatic heterocycles. The summed E-state index contributed by atoms with van der Waals surface area (Å²) in [5.74, 6) is 0.579. The van der Waals surface area contributed by atoms with Crippen LogP contribution in [0.1, 0.15) is 28.3 Å². The van der Waals surface area contributed by atoms with Gasteiger partial charge in [0, 0.05) is 61.9 Å². The summed E-state index contributed by atoms with van der Waals surface area (Å²) in [5, 5.41) is 10.9. The number of aryl methyl sites for hydroxylation is 3. The minimum atomic E-state index is 0. The molecule has 0 saturated carbocycles. The van der Waals surface area contributed by atoms with Gasteiger partial charge in [-0.2, -0.15) is 5.10 Å². The Hall–Kier alpha value is -2.03. The fourth-order valence-corrected chi connectivity index (χ4v) is 3.44. The molecule has 154 valence electrons. The number of nitrogens with one attached hydrogen (secondary N) is 2. The summed E-state index contributed by atoms with van der Waals surface area (Å²) in [6.45, 7) is 13.4. The van der Waals surface area contributed by atoms with Gasteiger partial charge in [-0.15, -0.1) is 12.4 Å². The lowest BCUT2D eigenvalue weighted by Crippen LogP contribution is -2.46. The molecule has 0 atom stereocenters. The number of amides is 1. The van der Waals surface area contributed by atoms with E-state index in [0.717, 1.165) is 61.1 Å². The molecule has 0 spiro atoms. The fraction of sp³-hybridized carbons (Fsp3) is 0.579. The van der Waals surface area contributed by atoms with Gasteiger partial charge >= 0.3 is 0 Å². The predicted molar refractivity (Wildman–Crippen MR) is 111 cm³/mol. The van der Waals surface area contributed by atoms with Gasteiger partial charge in [0.05, 0.1) is 12.1 Å². The predicted octanol–water partition coefficient (Wildman–Crippen LogP) is 0.882. The number of carbonyl (C=O) groups excluding carboxylic acids is 1. The Morgan fingerprint density at radius 2 is 1.79 bits per heavy atom. The molecule has 3 rings (SSSR count). The van der Waals surface area contributed by atoms with E-state index in [4.69, 9.17) is 0 Å². The number of rotatable bonds is 6. The van der Waals surface area contributed by atoms with Crippen LogP contribution in [0, 0.1) is 27.7 Å². The summed E-state index contributed by atoms with van der Waals surface area (Å²) in [5.41, 5.74) is 4.49. The van der Waals surface area contributed by atoms with Crippen LogP contribution >= 0.6 is 12.4 Å². The zero-order chi connectivity index (χ0) is 19.4. The molecule has 2 N–H and O–H groups in total. The Morgan fingerprint density at radius 1 is 1.14 bits per heavy atom. The van der Waals surface area contributed by atoms with E-state index in [9.17, 15) is 4.79 Å². The molecule has 0 bridgehead atoms. The maximum absolute atomic E-state index is 12.4. The summed E-state index contributed by atoms with van der Waals surface area (Å²) < 4.78 is 1.73. The van der Waals surface area contributed by atoms with E-state index in [1.807, 2.05) is 33.8 Å². The van der Waals surface area contributed by atoms with Crippen LogP contribution in [0.4, 0.5) is 0 Å². The van der Waals surface area contributed by atoms with Gasteiger partial charge in [0.1, 0.15) is 0 Å². The standard InChI is InChI=1S/C19H29N7O.ClH/c1-13-11-14(2)23-19(22-13)26-16(4)17(15(3)24-26)12-18(27)21-7-10-25-8-5-20-6-9-25;/h11,20H,5-10,12H2,1-4H3,(H,21,27);1H. The third-order valence-electron chi connectivity index (χ3n) is 4.90. The van der Waals surface area contributed by atoms with E-state index in [1.54, 1.807) is 4.68 Å². The average Bonchev–Trinajstić information content (AvgIpc) is 2.90. The van der Waals surface area contributed by atoms with Crippen LogP contribution in [0.25, 0.3) is 5.95 Å². The molecule has 8 nitrogen and oxygen atoms in total. The van der Waals surface area contributed by atoms with Gasteiger partial charge in [0.15, 0.2) is 0 Å². The van der Waals surface area contributed by atoms with Crippen molar-refractivity contribution < 1.29 is 4.79 Å². The van der Waals surface area contributed by atoms with Gasteiger partial charge in [0.25, 0.3) is 5.95 Å². The van der Waals surface area contributed by atoms with Crippen molar-refractivity contribution in [3.63, 3.8) is 0 Å². The molecular weight excluding hydrogens is 378 g/mol. The molecule has 9 heteroatoms. The van der Waals surface area contributed by atoms with Crippen molar-refractivity contribution in [3.05, 3.63) is 34.4 Å². The smallest absolute Gasteiger partial charge is 0.251 e. The highest BCUT2D eigenvalue weighted by Crippen LogP contribution is 2.17. The normalized spacial score (nSPS) is 14.6. The third kappa shape index (κ3) is 5.50. The van der Waals surface area contributed by atoms with Crippen LogP contribution < -0.4 is 10.6 Å². The minimum Gasteiger partial charge on any atom is -0.355 e. The zero-order valence-electron chi connectivity index (χ0n) is 17.1. The molecule has 1 saturated heterocycles. The number of halogens is 1. The lowest BCUT2D eigenvalue weighted by molar-refractivity contribution is -0.120. The second kappa shape index (κ2) is 9.95. The molecule has 1 amide bonds. The van der Waals surface area contributed by atoms with E-state index in [-0.39, 0.29) is 18.3 Å². The van der Waals surface area contributed by atoms with Crippen LogP contribution in [0.3, 0.4) is 0 Å². The SMILES string of the molecule is Cc1cc(C)nc(-n2nc(C)c(CC(=O)NCCN3CCNCC3)c2C)n1.Cl. The molecule has 1 aliphatic heterocycles. The molecule has 0 unspecified atom stereocenters. The Kier molecular flexibility index (Phi) is 7.91. The molecular formula is C19H30ClN7O. The molecule has 0 aromatic carbocycles. The van der Waals surface area contributed by atoms with Crippen molar-refractivity contribution in [3.8, 4) is 5.95 Å². The van der Waals surface area contributed by atoms with Gasteiger partial charge in [-0.25, -0.2) is 14.6 Å². The number of hydrogen-bond donors (Lipinski definition) is 2. The van der Waals surface area contributed by atoms with E-state index in [2.05, 4.69) is 30.6 Å². The van der Waals surface area contributed by atoms with Crippen LogP contribution in [-0.4, -0.2) is 69.8 Å². The van der Waals surface area contributed by atoms with Crippen LogP contribution in [0.5, 0.6) is 0 Å². The van der Waals surface area contributed by atoms with E-state index in [0.29, 0.717) is 18.9 Å². The Bertz CT molecular complexity index is 795. The first-order valence-electron chi connectivity index (χ1n) is 9.51. The van der Waals surface area contributed by atoms with Crippen LogP contribution in [0.15, 0.2) is 6.07 Å². The van der Waals surface area contributed by atoms with Crippen molar-refractivity contribution in [1.29, 1.82) is 0 Å². The highest BCUT2D eigenvalue weighted by atomic mass is 35.5. The first-order valence-corrected chi connectivity index (χ1v) is 9.51. The molecule has 1 fully saturated rings. The van der Waals surface area contributed by atoms with Crippen molar-refractivity contribution in [2.75, 3.05) is 39.3 Å². The Labute approximate surface area is 172 Å². The number of nitrogens with zero attached hydrogens (tertiary/aromatic N) is 5. The monoisotopic (exact) mass is 407 g/mol. The Balaban J connectivity index is 0.00000280. The molecule has 0 radical (unpaired) electrons. The van der Waals surface area contributed by atoms with Gasteiger partial charge in [-0.05, 0) is 33.8 Å². The third-order valence-corrected chi connectivity index (χ3v) is 4.90. The second-order valence-electron chi connectivity index (χ2n) is 7.13. The van der Waals surface area contributed by atoms with Gasteiger partial charge in [-0.3, -0.25) is 9.69 Å². The van der Waals surface area contributed by atoms with Crippen molar-refractivity contribution in [2.45, 2.75) is 34.1 Å². The highest BCUT2D eigenvalue weighted by Gasteiger charge is 2.18. The van der Waals surface area contributed by atoms with E-state index < -0.39 is 0 Å². The van der Waals surface area contributed by atoms with Crippen molar-refractivity contribution >= 4 is 18.3 Å². The quantitative estimate of drug-likeness (QED) is 0.739. The van der Waals surface area contributed by atoms with Gasteiger partial charge in [0.2, 0.25) is 5.91 Å². The minimum absolute atomic E-state index is 0. The molecule has 1 aliphatic rings. The molecule has 28 heavy (non-hydrogen) atoms. The second-order valence-corrected chi connectivity index (χ2v) is 7.13. The molecule has 3 heterocycles. The topological polar surface area (TPSA) is 88.0 Å². The molecule has 2 aromatic rings. The van der Waals surface area contributed by atoms with Crippen molar-refractivity contribution in [1.82, 2.24) is 35.3 Å². The average molecular weight is 408 g/mol. The van der Waals surface area contributed by atoms with Crippen molar-refractivity contribution in [2.24, 2.45) is 0 Å². The highest BCUT2D eigenvalue weighted by molar-refractivity contribution is 5.85. The fourth-order valence-electron chi connectivity index (χ4n) is 3.44. The van der Waals surface area contributed by atoms with Crippen LogP contribution in [0.2, 0.25) is 0 Å². The summed E-state index contributed by atoms with van der Waals surface area (Å²) >= 11 is 0.